The minimum absolute atomic E-state index is 0.219. The van der Waals surface area contributed by atoms with Gasteiger partial charge in [0.1, 0.15) is 6.54 Å². The van der Waals surface area contributed by atoms with Crippen LogP contribution in [0.25, 0.3) is 0 Å². The first-order chi connectivity index (χ1) is 10.4. The summed E-state index contributed by atoms with van der Waals surface area (Å²) in [6, 6.07) is 7.21. The summed E-state index contributed by atoms with van der Waals surface area (Å²) < 4.78 is 30.1. The van der Waals surface area contributed by atoms with Crippen molar-refractivity contribution in [2.75, 3.05) is 37.4 Å². The number of methoxy groups -OCH3 is 1. The van der Waals surface area contributed by atoms with E-state index in [1.165, 1.54) is 0 Å². The summed E-state index contributed by atoms with van der Waals surface area (Å²) in [5.41, 5.74) is 1.44. The van der Waals surface area contributed by atoms with E-state index in [2.05, 4.69) is 5.32 Å². The Labute approximate surface area is 132 Å². The normalized spacial score (nSPS) is 11.2. The number of nitrogens with one attached hydrogen (secondary N) is 1. The lowest BCUT2D eigenvalue weighted by Gasteiger charge is -2.24. The number of hydrogen-bond donors (Lipinski definition) is 1. The number of sulfonamides is 1. The number of aryl methyl sites for hydroxylation is 1. The van der Waals surface area contributed by atoms with E-state index in [1.807, 2.05) is 19.1 Å². The summed E-state index contributed by atoms with van der Waals surface area (Å²) >= 11 is 0. The summed E-state index contributed by atoms with van der Waals surface area (Å²) in [7, 11) is -1.94. The average molecular weight is 328 g/mol. The predicted molar refractivity (Wildman–Crippen MR) is 87.5 cm³/mol. The molecule has 1 amide bonds. The van der Waals surface area contributed by atoms with Crippen molar-refractivity contribution in [2.24, 2.45) is 0 Å². The number of carbonyl (C=O) groups excluding carboxylic acids is 1. The van der Waals surface area contributed by atoms with E-state index >= 15 is 0 Å². The molecule has 124 valence electrons. The van der Waals surface area contributed by atoms with Crippen LogP contribution in [0.4, 0.5) is 5.69 Å². The number of carbonyl (C=O) groups is 1. The molecule has 0 unspecified atom stereocenters. The largest absolute Gasteiger partial charge is 0.385 e. The SMILES string of the molecule is CCc1ccccc1N(CC(=O)NCCCOC)S(C)(=O)=O. The molecule has 0 heterocycles. The number of rotatable bonds is 9. The molecule has 0 spiro atoms. The molecule has 1 rings (SSSR count). The summed E-state index contributed by atoms with van der Waals surface area (Å²) in [4.78, 5) is 12.0. The van der Waals surface area contributed by atoms with Crippen molar-refractivity contribution in [1.29, 1.82) is 0 Å². The maximum atomic E-state index is 12.0. The van der Waals surface area contributed by atoms with Gasteiger partial charge in [-0.25, -0.2) is 8.42 Å². The third kappa shape index (κ3) is 5.65. The number of benzene rings is 1. The van der Waals surface area contributed by atoms with Gasteiger partial charge >= 0.3 is 0 Å². The highest BCUT2D eigenvalue weighted by Gasteiger charge is 2.22. The fraction of sp³-hybridized carbons (Fsp3) is 0.533. The Morgan fingerprint density at radius 1 is 1.32 bits per heavy atom. The molecule has 22 heavy (non-hydrogen) atoms. The molecule has 1 aromatic rings. The Morgan fingerprint density at radius 2 is 2.00 bits per heavy atom. The molecular formula is C15H24N2O4S. The van der Waals surface area contributed by atoms with Gasteiger partial charge in [-0.1, -0.05) is 25.1 Å². The Balaban J connectivity index is 2.85. The van der Waals surface area contributed by atoms with Crippen molar-refractivity contribution >= 4 is 21.6 Å². The van der Waals surface area contributed by atoms with Gasteiger partial charge in [-0.05, 0) is 24.5 Å². The summed E-state index contributed by atoms with van der Waals surface area (Å²) in [6.07, 6.45) is 2.49. The molecule has 1 N–H and O–H groups in total. The Bertz CT molecular complexity index is 587. The van der Waals surface area contributed by atoms with Gasteiger partial charge in [0.25, 0.3) is 0 Å². The molecule has 0 saturated carbocycles. The van der Waals surface area contributed by atoms with E-state index in [1.54, 1.807) is 19.2 Å². The van der Waals surface area contributed by atoms with Gasteiger partial charge in [-0.2, -0.15) is 0 Å². The van der Waals surface area contributed by atoms with Crippen LogP contribution in [0.15, 0.2) is 24.3 Å². The first-order valence-corrected chi connectivity index (χ1v) is 9.06. The van der Waals surface area contributed by atoms with Crippen molar-refractivity contribution in [3.05, 3.63) is 29.8 Å². The summed E-state index contributed by atoms with van der Waals surface area (Å²) in [5.74, 6) is -0.326. The van der Waals surface area contributed by atoms with Gasteiger partial charge in [-0.15, -0.1) is 0 Å². The maximum absolute atomic E-state index is 12.0. The van der Waals surface area contributed by atoms with Crippen molar-refractivity contribution < 1.29 is 17.9 Å². The van der Waals surface area contributed by atoms with Crippen LogP contribution in [0.5, 0.6) is 0 Å². The number of anilines is 1. The molecule has 0 atom stereocenters. The standard InChI is InChI=1S/C15H24N2O4S/c1-4-13-8-5-6-9-14(13)17(22(3,19)20)12-15(18)16-10-7-11-21-2/h5-6,8-9H,4,7,10-12H2,1-3H3,(H,16,18). The van der Waals surface area contributed by atoms with Crippen molar-refractivity contribution in [2.45, 2.75) is 19.8 Å². The highest BCUT2D eigenvalue weighted by Crippen LogP contribution is 2.23. The van der Waals surface area contributed by atoms with Crippen LogP contribution < -0.4 is 9.62 Å². The molecular weight excluding hydrogens is 304 g/mol. The maximum Gasteiger partial charge on any atom is 0.240 e. The number of hydrogen-bond acceptors (Lipinski definition) is 4. The highest BCUT2D eigenvalue weighted by atomic mass is 32.2. The summed E-state index contributed by atoms with van der Waals surface area (Å²) in [5, 5.41) is 2.70. The van der Waals surface area contributed by atoms with E-state index in [4.69, 9.17) is 4.74 Å². The third-order valence-corrected chi connectivity index (χ3v) is 4.30. The van der Waals surface area contributed by atoms with Crippen molar-refractivity contribution in [1.82, 2.24) is 5.32 Å². The van der Waals surface area contributed by atoms with E-state index in [9.17, 15) is 13.2 Å². The Hall–Kier alpha value is -1.60. The Morgan fingerprint density at radius 3 is 2.59 bits per heavy atom. The molecule has 0 bridgehead atoms. The zero-order valence-electron chi connectivity index (χ0n) is 13.3. The second-order valence-corrected chi connectivity index (χ2v) is 6.86. The van der Waals surface area contributed by atoms with Crippen LogP contribution in [0.3, 0.4) is 0 Å². The first-order valence-electron chi connectivity index (χ1n) is 7.21. The second kappa shape index (κ2) is 8.75. The topological polar surface area (TPSA) is 75.7 Å². The number of amides is 1. The lowest BCUT2D eigenvalue weighted by atomic mass is 10.1. The number of ether oxygens (including phenoxy) is 1. The van der Waals surface area contributed by atoms with Crippen molar-refractivity contribution in [3.63, 3.8) is 0 Å². The van der Waals surface area contributed by atoms with Crippen LogP contribution in [-0.4, -0.2) is 47.4 Å². The van der Waals surface area contributed by atoms with Crippen LogP contribution in [-0.2, 0) is 26.0 Å². The number of nitrogens with zero attached hydrogens (tertiary/aromatic N) is 1. The van der Waals surface area contributed by atoms with Gasteiger partial charge in [0, 0.05) is 20.3 Å². The zero-order valence-corrected chi connectivity index (χ0v) is 14.1. The molecule has 0 aromatic heterocycles. The lowest BCUT2D eigenvalue weighted by Crippen LogP contribution is -2.41. The van der Waals surface area contributed by atoms with Gasteiger partial charge in [0.05, 0.1) is 11.9 Å². The first kappa shape index (κ1) is 18.4. The van der Waals surface area contributed by atoms with Crippen LogP contribution in [0.2, 0.25) is 0 Å². The molecule has 6 nitrogen and oxygen atoms in total. The van der Waals surface area contributed by atoms with E-state index in [0.29, 0.717) is 31.7 Å². The molecule has 0 aliphatic rings. The van der Waals surface area contributed by atoms with Gasteiger partial charge < -0.3 is 10.1 Å². The molecule has 7 heteroatoms. The fourth-order valence-corrected chi connectivity index (χ4v) is 2.95. The highest BCUT2D eigenvalue weighted by molar-refractivity contribution is 7.92. The molecule has 0 saturated heterocycles. The zero-order chi connectivity index (χ0) is 16.6. The van der Waals surface area contributed by atoms with Crippen molar-refractivity contribution in [3.8, 4) is 0 Å². The molecule has 0 radical (unpaired) electrons. The van der Waals surface area contributed by atoms with E-state index in [0.717, 1.165) is 16.1 Å². The quantitative estimate of drug-likeness (QED) is 0.691. The van der Waals surface area contributed by atoms with Crippen LogP contribution in [0.1, 0.15) is 18.9 Å². The van der Waals surface area contributed by atoms with E-state index in [-0.39, 0.29) is 12.5 Å². The number of para-hydroxylation sites is 1. The predicted octanol–water partition coefficient (Wildman–Crippen LogP) is 1.17. The lowest BCUT2D eigenvalue weighted by molar-refractivity contribution is -0.119. The third-order valence-electron chi connectivity index (χ3n) is 3.18. The molecule has 0 aliphatic heterocycles. The Kier molecular flexibility index (Phi) is 7.34. The van der Waals surface area contributed by atoms with Crippen LogP contribution >= 0.6 is 0 Å². The fourth-order valence-electron chi connectivity index (χ4n) is 2.06. The monoisotopic (exact) mass is 328 g/mol. The van der Waals surface area contributed by atoms with Gasteiger partial charge in [-0.3, -0.25) is 9.10 Å². The van der Waals surface area contributed by atoms with Gasteiger partial charge in [0.15, 0.2) is 0 Å². The average Bonchev–Trinajstić information content (AvgIpc) is 2.48. The summed E-state index contributed by atoms with van der Waals surface area (Å²) in [6.45, 7) is 2.74. The van der Waals surface area contributed by atoms with Crippen LogP contribution in [0, 0.1) is 0 Å². The van der Waals surface area contributed by atoms with Gasteiger partial charge in [0.2, 0.25) is 15.9 Å². The minimum atomic E-state index is -3.53. The van der Waals surface area contributed by atoms with E-state index < -0.39 is 10.0 Å². The molecule has 1 aromatic carbocycles. The minimum Gasteiger partial charge on any atom is -0.385 e. The second-order valence-electron chi connectivity index (χ2n) is 4.95. The smallest absolute Gasteiger partial charge is 0.240 e. The molecule has 0 aliphatic carbocycles. The molecule has 0 fully saturated rings.